The molecule has 3 aliphatic rings. The number of hydrogen-bond acceptors (Lipinski definition) is 3. The molecule has 6 heteroatoms. The molecular formula is C16H31Cl2N3O. The highest BCUT2D eigenvalue weighted by Gasteiger charge is 2.57. The standard InChI is InChI=1S/C16H29N3O.2ClH/c20-15(14-13-16(14)5-8-17-9-6-16)18-7-4-12-19-10-2-1-3-11-19;;/h14,17H,1-13H2,(H,18,20);2*1H. The second-order valence-corrected chi connectivity index (χ2v) is 6.92. The minimum absolute atomic E-state index is 0. The zero-order valence-corrected chi connectivity index (χ0v) is 15.1. The molecule has 0 aromatic rings. The number of nitrogens with zero attached hydrogens (tertiary/aromatic N) is 1. The van der Waals surface area contributed by atoms with Gasteiger partial charge in [0.25, 0.3) is 0 Å². The van der Waals surface area contributed by atoms with Crippen molar-refractivity contribution in [3.05, 3.63) is 0 Å². The zero-order valence-electron chi connectivity index (χ0n) is 13.4. The van der Waals surface area contributed by atoms with Gasteiger partial charge in [-0.25, -0.2) is 0 Å². The fraction of sp³-hybridized carbons (Fsp3) is 0.938. The van der Waals surface area contributed by atoms with E-state index in [9.17, 15) is 4.79 Å². The summed E-state index contributed by atoms with van der Waals surface area (Å²) in [6, 6.07) is 0. The lowest BCUT2D eigenvalue weighted by Crippen LogP contribution is -2.35. The van der Waals surface area contributed by atoms with Crippen molar-refractivity contribution in [1.82, 2.24) is 15.5 Å². The molecule has 1 spiro atoms. The predicted octanol–water partition coefficient (Wildman–Crippen LogP) is 2.21. The van der Waals surface area contributed by atoms with Crippen LogP contribution in [0.4, 0.5) is 0 Å². The van der Waals surface area contributed by atoms with E-state index in [1.54, 1.807) is 0 Å². The third-order valence-corrected chi connectivity index (χ3v) is 5.50. The summed E-state index contributed by atoms with van der Waals surface area (Å²) in [5.41, 5.74) is 0.377. The number of likely N-dealkylation sites (tertiary alicyclic amines) is 1. The van der Waals surface area contributed by atoms with Gasteiger partial charge in [0.1, 0.15) is 0 Å². The van der Waals surface area contributed by atoms with Crippen molar-refractivity contribution >= 4 is 30.7 Å². The summed E-state index contributed by atoms with van der Waals surface area (Å²) >= 11 is 0. The molecule has 1 unspecified atom stereocenters. The number of hydrogen-bond donors (Lipinski definition) is 2. The van der Waals surface area contributed by atoms with Gasteiger partial charge in [-0.05, 0) is 76.7 Å². The molecule has 3 fully saturated rings. The zero-order chi connectivity index (χ0) is 13.8. The largest absolute Gasteiger partial charge is 0.356 e. The summed E-state index contributed by atoms with van der Waals surface area (Å²) in [4.78, 5) is 14.7. The second kappa shape index (κ2) is 9.31. The van der Waals surface area contributed by atoms with Gasteiger partial charge < -0.3 is 15.5 Å². The van der Waals surface area contributed by atoms with Crippen molar-refractivity contribution in [2.45, 2.75) is 44.9 Å². The lowest BCUT2D eigenvalue weighted by molar-refractivity contribution is -0.123. The van der Waals surface area contributed by atoms with Crippen LogP contribution in [-0.4, -0.2) is 50.1 Å². The normalized spacial score (nSPS) is 26.6. The van der Waals surface area contributed by atoms with Crippen LogP contribution in [0.5, 0.6) is 0 Å². The van der Waals surface area contributed by atoms with Crippen LogP contribution in [0.15, 0.2) is 0 Å². The van der Waals surface area contributed by atoms with Gasteiger partial charge in [-0.2, -0.15) is 0 Å². The molecule has 2 heterocycles. The Balaban J connectivity index is 0.00000121. The van der Waals surface area contributed by atoms with Gasteiger partial charge in [-0.15, -0.1) is 24.8 Å². The number of nitrogens with one attached hydrogen (secondary N) is 2. The first-order valence-electron chi connectivity index (χ1n) is 8.51. The van der Waals surface area contributed by atoms with Crippen LogP contribution in [0.3, 0.4) is 0 Å². The monoisotopic (exact) mass is 351 g/mol. The average Bonchev–Trinajstić information content (AvgIpc) is 3.19. The van der Waals surface area contributed by atoms with E-state index in [1.807, 2.05) is 0 Å². The van der Waals surface area contributed by atoms with Gasteiger partial charge in [0, 0.05) is 12.5 Å². The van der Waals surface area contributed by atoms with Crippen molar-refractivity contribution in [3.63, 3.8) is 0 Å². The number of halogens is 2. The van der Waals surface area contributed by atoms with E-state index < -0.39 is 0 Å². The highest BCUT2D eigenvalue weighted by atomic mass is 35.5. The van der Waals surface area contributed by atoms with E-state index in [-0.39, 0.29) is 24.8 Å². The minimum Gasteiger partial charge on any atom is -0.356 e. The van der Waals surface area contributed by atoms with E-state index in [0.717, 1.165) is 39.0 Å². The molecule has 2 saturated heterocycles. The Hall–Kier alpha value is -0.0300. The molecule has 0 aromatic carbocycles. The molecule has 3 rings (SSSR count). The van der Waals surface area contributed by atoms with Crippen molar-refractivity contribution in [2.75, 3.05) is 39.3 Å². The van der Waals surface area contributed by atoms with E-state index in [0.29, 0.717) is 17.2 Å². The van der Waals surface area contributed by atoms with E-state index in [1.165, 1.54) is 45.2 Å². The summed E-state index contributed by atoms with van der Waals surface area (Å²) in [6.07, 6.45) is 8.72. The van der Waals surface area contributed by atoms with Crippen LogP contribution in [0.2, 0.25) is 0 Å². The summed E-state index contributed by atoms with van der Waals surface area (Å²) in [5.74, 6) is 0.644. The predicted molar refractivity (Wildman–Crippen MR) is 95.1 cm³/mol. The Labute approximate surface area is 147 Å². The van der Waals surface area contributed by atoms with Crippen molar-refractivity contribution in [1.29, 1.82) is 0 Å². The summed E-state index contributed by atoms with van der Waals surface area (Å²) in [7, 11) is 0. The summed E-state index contributed by atoms with van der Waals surface area (Å²) in [6.45, 7) is 6.72. The Bertz CT molecular complexity index is 342. The smallest absolute Gasteiger partial charge is 0.223 e. The number of carbonyl (C=O) groups excluding carboxylic acids is 1. The number of piperidine rings is 2. The Morgan fingerprint density at radius 1 is 1.14 bits per heavy atom. The molecule has 130 valence electrons. The van der Waals surface area contributed by atoms with Crippen LogP contribution in [0.1, 0.15) is 44.9 Å². The maximum Gasteiger partial charge on any atom is 0.223 e. The molecule has 1 saturated carbocycles. The highest BCUT2D eigenvalue weighted by molar-refractivity contribution is 5.85. The van der Waals surface area contributed by atoms with Gasteiger partial charge in [0.2, 0.25) is 5.91 Å². The molecule has 1 atom stereocenters. The van der Waals surface area contributed by atoms with E-state index >= 15 is 0 Å². The van der Waals surface area contributed by atoms with Gasteiger partial charge >= 0.3 is 0 Å². The van der Waals surface area contributed by atoms with Crippen LogP contribution in [0.25, 0.3) is 0 Å². The number of rotatable bonds is 5. The molecule has 1 amide bonds. The molecule has 0 aromatic heterocycles. The SMILES string of the molecule is Cl.Cl.O=C(NCCCN1CCCCC1)C1CC12CCNCC2. The first-order chi connectivity index (χ1) is 9.80. The van der Waals surface area contributed by atoms with Gasteiger partial charge in [-0.1, -0.05) is 6.42 Å². The molecule has 0 radical (unpaired) electrons. The van der Waals surface area contributed by atoms with Crippen molar-refractivity contribution in [3.8, 4) is 0 Å². The maximum atomic E-state index is 12.2. The quantitative estimate of drug-likeness (QED) is 0.746. The number of amides is 1. The van der Waals surface area contributed by atoms with E-state index in [4.69, 9.17) is 0 Å². The van der Waals surface area contributed by atoms with Crippen molar-refractivity contribution < 1.29 is 4.79 Å². The Morgan fingerprint density at radius 3 is 2.50 bits per heavy atom. The third kappa shape index (κ3) is 4.98. The highest BCUT2D eigenvalue weighted by Crippen LogP contribution is 2.58. The molecule has 2 aliphatic heterocycles. The molecule has 0 bridgehead atoms. The molecular weight excluding hydrogens is 321 g/mol. The Morgan fingerprint density at radius 2 is 1.82 bits per heavy atom. The first-order valence-corrected chi connectivity index (χ1v) is 8.51. The van der Waals surface area contributed by atoms with Crippen LogP contribution in [-0.2, 0) is 4.79 Å². The van der Waals surface area contributed by atoms with Crippen LogP contribution >= 0.6 is 24.8 Å². The van der Waals surface area contributed by atoms with Crippen LogP contribution in [0, 0.1) is 11.3 Å². The lowest BCUT2D eigenvalue weighted by atomic mass is 9.92. The second-order valence-electron chi connectivity index (χ2n) is 6.92. The fourth-order valence-corrected chi connectivity index (χ4v) is 4.02. The summed E-state index contributed by atoms with van der Waals surface area (Å²) in [5, 5.41) is 6.56. The van der Waals surface area contributed by atoms with Gasteiger partial charge in [-0.3, -0.25) is 4.79 Å². The topological polar surface area (TPSA) is 44.4 Å². The van der Waals surface area contributed by atoms with Crippen LogP contribution < -0.4 is 10.6 Å². The van der Waals surface area contributed by atoms with Gasteiger partial charge in [0.15, 0.2) is 0 Å². The molecule has 4 nitrogen and oxygen atoms in total. The lowest BCUT2D eigenvalue weighted by Gasteiger charge is -2.26. The fourth-order valence-electron chi connectivity index (χ4n) is 4.02. The molecule has 22 heavy (non-hydrogen) atoms. The first kappa shape index (κ1) is 20.0. The number of carbonyl (C=O) groups is 1. The summed E-state index contributed by atoms with van der Waals surface area (Å²) < 4.78 is 0. The minimum atomic E-state index is 0. The average molecular weight is 352 g/mol. The van der Waals surface area contributed by atoms with Gasteiger partial charge in [0.05, 0.1) is 0 Å². The Kier molecular flexibility index (Phi) is 8.47. The molecule has 2 N–H and O–H groups in total. The molecule has 1 aliphatic carbocycles. The van der Waals surface area contributed by atoms with Crippen molar-refractivity contribution in [2.24, 2.45) is 11.3 Å². The van der Waals surface area contributed by atoms with E-state index in [2.05, 4.69) is 15.5 Å². The maximum absolute atomic E-state index is 12.2. The third-order valence-electron chi connectivity index (χ3n) is 5.50.